The highest BCUT2D eigenvalue weighted by atomic mass is 16.3. The van der Waals surface area contributed by atoms with E-state index in [9.17, 15) is 4.79 Å². The third-order valence-electron chi connectivity index (χ3n) is 1.03. The van der Waals surface area contributed by atoms with E-state index in [0.717, 1.165) is 6.29 Å². The van der Waals surface area contributed by atoms with Gasteiger partial charge in [0, 0.05) is 5.56 Å². The zero-order valence-electron chi connectivity index (χ0n) is 4.74. The minimum atomic E-state index is 0.181. The molecule has 0 amide bonds. The van der Waals surface area contributed by atoms with Crippen LogP contribution in [0.5, 0.6) is 5.75 Å². The van der Waals surface area contributed by atoms with Crippen LogP contribution >= 0.6 is 0 Å². The zero-order valence-corrected chi connectivity index (χ0v) is 4.74. The minimum Gasteiger partial charge on any atom is -0.508 e. The largest absolute Gasteiger partial charge is 0.508 e. The van der Waals surface area contributed by atoms with Crippen molar-refractivity contribution >= 4 is 6.29 Å². The topological polar surface area (TPSA) is 37.3 Å². The first-order chi connectivity index (χ1) is 4.33. The third kappa shape index (κ3) is 1.29. The van der Waals surface area contributed by atoms with E-state index in [4.69, 9.17) is 5.11 Å². The van der Waals surface area contributed by atoms with Gasteiger partial charge < -0.3 is 5.11 Å². The first-order valence-corrected chi connectivity index (χ1v) is 2.57. The Bertz CT molecular complexity index is 201. The van der Waals surface area contributed by atoms with Gasteiger partial charge in [0.25, 0.3) is 0 Å². The number of phenolic OH excluding ortho intramolecular Hbond substituents is 1. The lowest BCUT2D eigenvalue weighted by Gasteiger charge is -1.88. The number of carbonyl (C=O) groups excluding carboxylic acids is 1. The lowest BCUT2D eigenvalue weighted by molar-refractivity contribution is 0.112. The van der Waals surface area contributed by atoms with Crippen LogP contribution in [-0.2, 0) is 0 Å². The molecule has 0 spiro atoms. The Hall–Kier alpha value is -1.31. The molecule has 0 aliphatic heterocycles. The van der Waals surface area contributed by atoms with Crippen LogP contribution in [0.1, 0.15) is 10.4 Å². The van der Waals surface area contributed by atoms with E-state index in [-0.39, 0.29) is 5.75 Å². The Labute approximate surface area is 52.8 Å². The maximum absolute atomic E-state index is 10.0. The summed E-state index contributed by atoms with van der Waals surface area (Å²) >= 11 is 0. The highest BCUT2D eigenvalue weighted by Gasteiger charge is 1.86. The van der Waals surface area contributed by atoms with Gasteiger partial charge in [-0.15, -0.1) is 0 Å². The van der Waals surface area contributed by atoms with Gasteiger partial charge >= 0.3 is 0 Å². The van der Waals surface area contributed by atoms with Crippen LogP contribution in [0.25, 0.3) is 0 Å². The quantitative estimate of drug-likeness (QED) is 0.577. The SMILES string of the molecule is O=C[13c]1[13cH][13cH][13c](O)[13cH][13cH]1. The monoisotopic (exact) mass is 128 g/mol. The molecule has 9 heavy (non-hydrogen) atoms. The van der Waals surface area contributed by atoms with Gasteiger partial charge in [-0.05, 0) is 24.3 Å². The molecule has 0 saturated heterocycles. The van der Waals surface area contributed by atoms with Crippen molar-refractivity contribution in [2.45, 2.75) is 0 Å². The molecule has 1 aromatic carbocycles. The smallest absolute Gasteiger partial charge is 0.150 e. The Kier molecular flexibility index (Phi) is 1.49. The van der Waals surface area contributed by atoms with Crippen LogP contribution in [0.4, 0.5) is 0 Å². The van der Waals surface area contributed by atoms with Gasteiger partial charge in [-0.1, -0.05) is 0 Å². The fraction of sp³-hybridized carbons (Fsp3) is 0. The molecule has 1 N–H and O–H groups in total. The summed E-state index contributed by atoms with van der Waals surface area (Å²) in [5.74, 6) is 0.181. The molecule has 2 heteroatoms. The summed E-state index contributed by atoms with van der Waals surface area (Å²) in [6.45, 7) is 0. The van der Waals surface area contributed by atoms with Crippen molar-refractivity contribution in [3.8, 4) is 5.75 Å². The van der Waals surface area contributed by atoms with Gasteiger partial charge in [0.1, 0.15) is 12.0 Å². The number of aromatic hydroxyl groups is 1. The molecule has 0 aliphatic rings. The van der Waals surface area contributed by atoms with E-state index < -0.39 is 0 Å². The predicted molar refractivity (Wildman–Crippen MR) is 33.5 cm³/mol. The van der Waals surface area contributed by atoms with Gasteiger partial charge in [-0.2, -0.15) is 0 Å². The molecular weight excluding hydrogens is 122 g/mol. The highest BCUT2D eigenvalue weighted by Crippen LogP contribution is 2.07. The summed E-state index contributed by atoms with van der Waals surface area (Å²) < 4.78 is 0. The molecule has 2 nitrogen and oxygen atoms in total. The van der Waals surface area contributed by atoms with E-state index in [2.05, 4.69) is 0 Å². The van der Waals surface area contributed by atoms with Crippen molar-refractivity contribution < 1.29 is 9.90 Å². The Morgan fingerprint density at radius 3 is 2.22 bits per heavy atom. The second-order valence-corrected chi connectivity index (χ2v) is 1.71. The van der Waals surface area contributed by atoms with E-state index >= 15 is 0 Å². The van der Waals surface area contributed by atoms with E-state index in [1.54, 1.807) is 12.1 Å². The number of benzene rings is 1. The average Bonchev–Trinajstić information content (AvgIpc) is 1.90. The number of carbonyl (C=O) groups is 1. The maximum Gasteiger partial charge on any atom is 0.150 e. The van der Waals surface area contributed by atoms with E-state index in [0.29, 0.717) is 5.56 Å². The summed E-state index contributed by atoms with van der Waals surface area (Å²) in [4.78, 5) is 10.0. The van der Waals surface area contributed by atoms with Gasteiger partial charge in [-0.3, -0.25) is 4.79 Å². The van der Waals surface area contributed by atoms with Gasteiger partial charge in [-0.25, -0.2) is 0 Å². The second kappa shape index (κ2) is 2.31. The molecule has 0 atom stereocenters. The van der Waals surface area contributed by atoms with Crippen LogP contribution in [0, 0.1) is 0 Å². The third-order valence-corrected chi connectivity index (χ3v) is 1.03. The lowest BCUT2D eigenvalue weighted by Crippen LogP contribution is -1.74. The van der Waals surface area contributed by atoms with Crippen molar-refractivity contribution in [3.05, 3.63) is 29.8 Å². The average molecular weight is 128 g/mol. The molecule has 0 saturated carbocycles. The normalized spacial score (nSPS) is 8.89. The number of phenols is 1. The summed E-state index contributed by atoms with van der Waals surface area (Å²) in [5.41, 5.74) is 0.577. The lowest BCUT2D eigenvalue weighted by atomic mass is 11.0. The van der Waals surface area contributed by atoms with E-state index in [1.165, 1.54) is 12.1 Å². The van der Waals surface area contributed by atoms with Crippen LogP contribution in [0.15, 0.2) is 24.3 Å². The molecule has 0 aliphatic carbocycles. The summed E-state index contributed by atoms with van der Waals surface area (Å²) in [5, 5.41) is 8.74. The van der Waals surface area contributed by atoms with Crippen molar-refractivity contribution in [2.24, 2.45) is 0 Å². The number of hydrogen-bond acceptors (Lipinski definition) is 2. The van der Waals surface area contributed by atoms with Crippen LogP contribution < -0.4 is 0 Å². The molecule has 0 radical (unpaired) electrons. The fourth-order valence-corrected chi connectivity index (χ4v) is 0.553. The number of aldehydes is 1. The van der Waals surface area contributed by atoms with Crippen molar-refractivity contribution in [2.75, 3.05) is 0 Å². The minimum absolute atomic E-state index is 0.181. The zero-order chi connectivity index (χ0) is 6.69. The molecule has 1 rings (SSSR count). The molecule has 0 fully saturated rings. The number of rotatable bonds is 1. The van der Waals surface area contributed by atoms with Crippen molar-refractivity contribution in [1.29, 1.82) is 0 Å². The summed E-state index contributed by atoms with van der Waals surface area (Å²) in [6, 6.07) is 6.07. The predicted octanol–water partition coefficient (Wildman–Crippen LogP) is 1.20. The first-order valence-electron chi connectivity index (χ1n) is 2.57. The maximum atomic E-state index is 10.0. The van der Waals surface area contributed by atoms with Crippen LogP contribution in [0.2, 0.25) is 0 Å². The molecule has 0 unspecified atom stereocenters. The Morgan fingerprint density at radius 2 is 1.78 bits per heavy atom. The van der Waals surface area contributed by atoms with Gasteiger partial charge in [0.2, 0.25) is 0 Å². The van der Waals surface area contributed by atoms with Gasteiger partial charge in [0.05, 0.1) is 0 Å². The first kappa shape index (κ1) is 5.82. The molecule has 1 aromatic rings. The van der Waals surface area contributed by atoms with Crippen LogP contribution in [0.3, 0.4) is 0 Å². The van der Waals surface area contributed by atoms with Crippen LogP contribution in [-0.4, -0.2) is 11.4 Å². The number of hydrogen-bond donors (Lipinski definition) is 1. The van der Waals surface area contributed by atoms with E-state index in [1.807, 2.05) is 0 Å². The Balaban J connectivity index is 3.01. The molecule has 0 heterocycles. The molecular formula is C7H6O2. The Morgan fingerprint density at radius 1 is 1.22 bits per heavy atom. The standard InChI is InChI=1S/C7H6O2/c8-5-6-1-3-7(9)4-2-6/h1-5,9H/i1+1,2+1,3+1,4+1,6+1,7+1. The molecule has 46 valence electrons. The fourth-order valence-electron chi connectivity index (χ4n) is 0.553. The highest BCUT2D eigenvalue weighted by molar-refractivity contribution is 5.74. The van der Waals surface area contributed by atoms with Crippen molar-refractivity contribution in [3.63, 3.8) is 0 Å². The van der Waals surface area contributed by atoms with Gasteiger partial charge in [0.15, 0.2) is 0 Å². The summed E-state index contributed by atoms with van der Waals surface area (Å²) in [7, 11) is 0. The second-order valence-electron chi connectivity index (χ2n) is 1.71. The van der Waals surface area contributed by atoms with Crippen molar-refractivity contribution in [1.82, 2.24) is 0 Å². The molecule has 0 bridgehead atoms. The summed E-state index contributed by atoms with van der Waals surface area (Å²) in [6.07, 6.45) is 0.736. The molecule has 0 aromatic heterocycles.